The minimum absolute atomic E-state index is 0.110. The summed E-state index contributed by atoms with van der Waals surface area (Å²) in [5, 5.41) is 0. The van der Waals surface area contributed by atoms with Crippen LogP contribution in [-0.2, 0) is 22.3 Å². The fraction of sp³-hybridized carbons (Fsp3) is 0.300. The highest BCUT2D eigenvalue weighted by molar-refractivity contribution is 5.97. The lowest BCUT2D eigenvalue weighted by Crippen LogP contribution is -2.41. The Labute approximate surface area is 154 Å². The highest BCUT2D eigenvalue weighted by atomic mass is 19.4. The summed E-state index contributed by atoms with van der Waals surface area (Å²) in [6.45, 7) is 0.476. The summed E-state index contributed by atoms with van der Waals surface area (Å²) in [7, 11) is 0. The van der Waals surface area contributed by atoms with E-state index in [0.717, 1.165) is 29.8 Å². The number of nitrogens with zero attached hydrogens (tertiary/aromatic N) is 1. The lowest BCUT2D eigenvalue weighted by Gasteiger charge is -2.23. The average Bonchev–Trinajstić information content (AvgIpc) is 3.15. The van der Waals surface area contributed by atoms with Gasteiger partial charge in [-0.1, -0.05) is 30.3 Å². The van der Waals surface area contributed by atoms with Crippen LogP contribution in [0, 0.1) is 0 Å². The first-order chi connectivity index (χ1) is 12.9. The zero-order valence-corrected chi connectivity index (χ0v) is 14.4. The van der Waals surface area contributed by atoms with Crippen molar-refractivity contribution in [1.82, 2.24) is 4.90 Å². The second-order valence-corrected chi connectivity index (χ2v) is 6.32. The van der Waals surface area contributed by atoms with Crippen LogP contribution in [0.5, 0.6) is 0 Å². The van der Waals surface area contributed by atoms with Crippen molar-refractivity contribution < 1.29 is 27.5 Å². The second kappa shape index (κ2) is 7.82. The van der Waals surface area contributed by atoms with Gasteiger partial charge in [0, 0.05) is 12.1 Å². The van der Waals surface area contributed by atoms with Gasteiger partial charge in [0.15, 0.2) is 0 Å². The predicted octanol–water partition coefficient (Wildman–Crippen LogP) is 4.05. The van der Waals surface area contributed by atoms with Gasteiger partial charge in [-0.3, -0.25) is 4.79 Å². The van der Waals surface area contributed by atoms with Crippen LogP contribution in [0.1, 0.15) is 34.3 Å². The standard InChI is InChI=1S/C20H18F3NO3/c21-20(22,23)16-10-8-15(9-11-16)18(25)24-12-4-7-17(24)19(26)27-13-14-5-2-1-3-6-14/h1-3,5-6,8-11,17H,4,7,12-13H2/t17-/m0/s1. The highest BCUT2D eigenvalue weighted by Gasteiger charge is 2.36. The maximum Gasteiger partial charge on any atom is 0.416 e. The van der Waals surface area contributed by atoms with Gasteiger partial charge < -0.3 is 9.64 Å². The number of hydrogen-bond acceptors (Lipinski definition) is 3. The zero-order valence-electron chi connectivity index (χ0n) is 14.4. The molecule has 4 nitrogen and oxygen atoms in total. The van der Waals surface area contributed by atoms with Crippen molar-refractivity contribution in [2.45, 2.75) is 31.7 Å². The van der Waals surface area contributed by atoms with Crippen molar-refractivity contribution in [3.8, 4) is 0 Å². The molecule has 142 valence electrons. The Bertz CT molecular complexity index is 803. The first-order valence-corrected chi connectivity index (χ1v) is 8.55. The third kappa shape index (κ3) is 4.48. The van der Waals surface area contributed by atoms with Crippen molar-refractivity contribution in [3.63, 3.8) is 0 Å². The summed E-state index contributed by atoms with van der Waals surface area (Å²) >= 11 is 0. The molecule has 1 fully saturated rings. The van der Waals surface area contributed by atoms with E-state index in [-0.39, 0.29) is 12.2 Å². The van der Waals surface area contributed by atoms with Gasteiger partial charge in [0.25, 0.3) is 5.91 Å². The molecule has 7 heteroatoms. The number of rotatable bonds is 4. The van der Waals surface area contributed by atoms with Gasteiger partial charge in [-0.25, -0.2) is 4.79 Å². The molecule has 1 heterocycles. The number of likely N-dealkylation sites (tertiary alicyclic amines) is 1. The first kappa shape index (κ1) is 18.9. The van der Waals surface area contributed by atoms with Crippen LogP contribution in [0.3, 0.4) is 0 Å². The molecule has 0 aliphatic carbocycles. The van der Waals surface area contributed by atoms with E-state index in [1.54, 1.807) is 0 Å². The molecule has 1 amide bonds. The fourth-order valence-electron chi connectivity index (χ4n) is 3.05. The quantitative estimate of drug-likeness (QED) is 0.755. The van der Waals surface area contributed by atoms with Gasteiger partial charge in [0.2, 0.25) is 0 Å². The summed E-state index contributed by atoms with van der Waals surface area (Å²) < 4.78 is 43.3. The molecule has 0 radical (unpaired) electrons. The lowest BCUT2D eigenvalue weighted by atomic mass is 10.1. The Morgan fingerprint density at radius 1 is 1.04 bits per heavy atom. The Balaban J connectivity index is 1.66. The molecule has 1 atom stereocenters. The Hall–Kier alpha value is -2.83. The van der Waals surface area contributed by atoms with E-state index in [9.17, 15) is 22.8 Å². The number of carbonyl (C=O) groups is 2. The summed E-state index contributed by atoms with van der Waals surface area (Å²) in [5.41, 5.74) is 0.134. The molecule has 0 N–H and O–H groups in total. The molecule has 0 unspecified atom stereocenters. The van der Waals surface area contributed by atoms with E-state index < -0.39 is 29.7 Å². The van der Waals surface area contributed by atoms with E-state index in [2.05, 4.69) is 0 Å². The van der Waals surface area contributed by atoms with Crippen LogP contribution in [0.2, 0.25) is 0 Å². The van der Waals surface area contributed by atoms with E-state index in [1.165, 1.54) is 4.90 Å². The van der Waals surface area contributed by atoms with Gasteiger partial charge in [-0.05, 0) is 42.7 Å². The van der Waals surface area contributed by atoms with Crippen LogP contribution in [0.4, 0.5) is 13.2 Å². The third-order valence-electron chi connectivity index (χ3n) is 4.47. The number of alkyl halides is 3. The second-order valence-electron chi connectivity index (χ2n) is 6.32. The van der Waals surface area contributed by atoms with Gasteiger partial charge in [-0.2, -0.15) is 13.2 Å². The van der Waals surface area contributed by atoms with Crippen LogP contribution in [0.15, 0.2) is 54.6 Å². The van der Waals surface area contributed by atoms with Crippen LogP contribution in [0.25, 0.3) is 0 Å². The van der Waals surface area contributed by atoms with E-state index in [0.29, 0.717) is 19.4 Å². The Kier molecular flexibility index (Phi) is 5.48. The topological polar surface area (TPSA) is 46.6 Å². The van der Waals surface area contributed by atoms with Crippen molar-refractivity contribution in [3.05, 3.63) is 71.3 Å². The number of ether oxygens (including phenoxy) is 1. The van der Waals surface area contributed by atoms with Crippen molar-refractivity contribution in [2.24, 2.45) is 0 Å². The Morgan fingerprint density at radius 2 is 1.70 bits per heavy atom. The summed E-state index contributed by atoms with van der Waals surface area (Å²) in [6.07, 6.45) is -3.35. The minimum Gasteiger partial charge on any atom is -0.459 e. The molecule has 1 aliphatic heterocycles. The highest BCUT2D eigenvalue weighted by Crippen LogP contribution is 2.30. The molecular formula is C20H18F3NO3. The fourth-order valence-corrected chi connectivity index (χ4v) is 3.05. The smallest absolute Gasteiger partial charge is 0.416 e. The lowest BCUT2D eigenvalue weighted by molar-refractivity contribution is -0.149. The zero-order chi connectivity index (χ0) is 19.4. The largest absolute Gasteiger partial charge is 0.459 e. The van der Waals surface area contributed by atoms with Crippen molar-refractivity contribution >= 4 is 11.9 Å². The SMILES string of the molecule is O=C(OCc1ccccc1)[C@@H]1CCCN1C(=O)c1ccc(C(F)(F)F)cc1. The number of esters is 1. The third-order valence-corrected chi connectivity index (χ3v) is 4.47. The molecular weight excluding hydrogens is 359 g/mol. The molecule has 0 aromatic heterocycles. The summed E-state index contributed by atoms with van der Waals surface area (Å²) in [6, 6.07) is 12.5. The van der Waals surface area contributed by atoms with Gasteiger partial charge >= 0.3 is 12.1 Å². The molecule has 2 aromatic rings. The number of amides is 1. The molecule has 2 aromatic carbocycles. The summed E-state index contributed by atoms with van der Waals surface area (Å²) in [5.74, 6) is -0.973. The molecule has 0 saturated carbocycles. The summed E-state index contributed by atoms with van der Waals surface area (Å²) in [4.78, 5) is 26.4. The van der Waals surface area contributed by atoms with E-state index in [4.69, 9.17) is 4.74 Å². The van der Waals surface area contributed by atoms with Crippen LogP contribution in [-0.4, -0.2) is 29.4 Å². The molecule has 0 bridgehead atoms. The normalized spacial score (nSPS) is 17.0. The maximum atomic E-state index is 12.7. The van der Waals surface area contributed by atoms with Crippen LogP contribution < -0.4 is 0 Å². The van der Waals surface area contributed by atoms with E-state index >= 15 is 0 Å². The maximum absolute atomic E-state index is 12.7. The van der Waals surface area contributed by atoms with Gasteiger partial charge in [-0.15, -0.1) is 0 Å². The first-order valence-electron chi connectivity index (χ1n) is 8.55. The van der Waals surface area contributed by atoms with Gasteiger partial charge in [0.1, 0.15) is 12.6 Å². The number of benzene rings is 2. The monoisotopic (exact) mass is 377 g/mol. The molecule has 3 rings (SSSR count). The van der Waals surface area contributed by atoms with Gasteiger partial charge in [0.05, 0.1) is 5.56 Å². The predicted molar refractivity (Wildman–Crippen MR) is 91.7 cm³/mol. The molecule has 1 saturated heterocycles. The minimum atomic E-state index is -4.46. The molecule has 27 heavy (non-hydrogen) atoms. The number of carbonyl (C=O) groups excluding carboxylic acids is 2. The van der Waals surface area contributed by atoms with Crippen molar-refractivity contribution in [2.75, 3.05) is 6.54 Å². The van der Waals surface area contributed by atoms with Crippen molar-refractivity contribution in [1.29, 1.82) is 0 Å². The van der Waals surface area contributed by atoms with Crippen LogP contribution >= 0.6 is 0 Å². The average molecular weight is 377 g/mol. The Morgan fingerprint density at radius 3 is 2.33 bits per heavy atom. The molecule has 1 aliphatic rings. The number of hydrogen-bond donors (Lipinski definition) is 0. The van der Waals surface area contributed by atoms with E-state index in [1.807, 2.05) is 30.3 Å². The number of halogens is 3. The molecule has 0 spiro atoms.